The molecule has 7 nitrogen and oxygen atoms in total. The Bertz CT molecular complexity index is 1080. The standard InChI is InChI=1S/C26H30ClN5O2/c1-3-30(4-2)22-6-5-7-23(18-22)34-19-26(33)32-16-14-31(15-17-32)25-13-12-24(28-29-25)20-8-10-21(27)11-9-20/h5-13,18H,3-4,14-17,19H2,1-2H3. The van der Waals surface area contributed by atoms with Gasteiger partial charge in [-0.15, -0.1) is 10.2 Å². The van der Waals surface area contributed by atoms with Crippen LogP contribution in [0.15, 0.2) is 60.7 Å². The van der Waals surface area contributed by atoms with Crippen LogP contribution in [0.1, 0.15) is 13.8 Å². The molecule has 8 heteroatoms. The predicted molar refractivity (Wildman–Crippen MR) is 137 cm³/mol. The molecule has 0 radical (unpaired) electrons. The fraction of sp³-hybridized carbons (Fsp3) is 0.346. The largest absolute Gasteiger partial charge is 0.484 e. The molecule has 1 fully saturated rings. The maximum atomic E-state index is 12.7. The third-order valence-electron chi connectivity index (χ3n) is 6.06. The van der Waals surface area contributed by atoms with E-state index in [0.29, 0.717) is 37.0 Å². The van der Waals surface area contributed by atoms with Crippen LogP contribution < -0.4 is 14.5 Å². The third-order valence-corrected chi connectivity index (χ3v) is 6.31. The second-order valence-corrected chi connectivity index (χ2v) is 8.55. The molecule has 0 saturated carbocycles. The first-order valence-electron chi connectivity index (χ1n) is 11.7. The van der Waals surface area contributed by atoms with Crippen LogP contribution in [0.3, 0.4) is 0 Å². The topological polar surface area (TPSA) is 61.8 Å². The fourth-order valence-electron chi connectivity index (χ4n) is 4.05. The van der Waals surface area contributed by atoms with Gasteiger partial charge in [0.25, 0.3) is 5.91 Å². The molecular formula is C26H30ClN5O2. The molecule has 0 spiro atoms. The van der Waals surface area contributed by atoms with Gasteiger partial charge in [-0.1, -0.05) is 29.8 Å². The van der Waals surface area contributed by atoms with E-state index in [9.17, 15) is 4.79 Å². The van der Waals surface area contributed by atoms with Gasteiger partial charge in [0.2, 0.25) is 0 Å². The Morgan fingerprint density at radius 2 is 1.71 bits per heavy atom. The zero-order valence-electron chi connectivity index (χ0n) is 19.7. The van der Waals surface area contributed by atoms with Crippen molar-refractivity contribution in [2.24, 2.45) is 0 Å². The molecule has 34 heavy (non-hydrogen) atoms. The lowest BCUT2D eigenvalue weighted by molar-refractivity contribution is -0.133. The van der Waals surface area contributed by atoms with Gasteiger partial charge in [-0.25, -0.2) is 0 Å². The van der Waals surface area contributed by atoms with Crippen LogP contribution >= 0.6 is 11.6 Å². The number of anilines is 2. The number of ether oxygens (including phenoxy) is 1. The van der Waals surface area contributed by atoms with E-state index in [4.69, 9.17) is 16.3 Å². The van der Waals surface area contributed by atoms with Crippen LogP contribution in [0.4, 0.5) is 11.5 Å². The number of rotatable bonds is 8. The van der Waals surface area contributed by atoms with Crippen molar-refractivity contribution in [2.75, 3.05) is 55.7 Å². The molecule has 178 valence electrons. The molecule has 2 heterocycles. The summed E-state index contributed by atoms with van der Waals surface area (Å²) in [6.07, 6.45) is 0. The normalized spacial score (nSPS) is 13.6. The predicted octanol–water partition coefficient (Wildman–Crippen LogP) is 4.37. The first kappa shape index (κ1) is 23.8. The maximum absolute atomic E-state index is 12.7. The summed E-state index contributed by atoms with van der Waals surface area (Å²) in [5, 5.41) is 9.45. The summed E-state index contributed by atoms with van der Waals surface area (Å²) in [5.41, 5.74) is 2.88. The minimum absolute atomic E-state index is 0.00272. The highest BCUT2D eigenvalue weighted by Crippen LogP contribution is 2.22. The van der Waals surface area contributed by atoms with E-state index in [1.165, 1.54) is 0 Å². The maximum Gasteiger partial charge on any atom is 0.260 e. The fourth-order valence-corrected chi connectivity index (χ4v) is 4.17. The molecule has 1 amide bonds. The minimum atomic E-state index is -0.00272. The number of carbonyl (C=O) groups excluding carboxylic acids is 1. The Morgan fingerprint density at radius 3 is 2.35 bits per heavy atom. The van der Waals surface area contributed by atoms with Crippen LogP contribution in [0.25, 0.3) is 11.3 Å². The Balaban J connectivity index is 1.28. The molecule has 0 aliphatic carbocycles. The van der Waals surface area contributed by atoms with E-state index in [1.54, 1.807) is 0 Å². The number of carbonyl (C=O) groups is 1. The molecule has 0 atom stereocenters. The summed E-state index contributed by atoms with van der Waals surface area (Å²) < 4.78 is 5.81. The summed E-state index contributed by atoms with van der Waals surface area (Å²) in [6.45, 7) is 8.81. The van der Waals surface area contributed by atoms with Crippen molar-refractivity contribution >= 4 is 29.0 Å². The molecule has 4 rings (SSSR count). The highest BCUT2D eigenvalue weighted by atomic mass is 35.5. The van der Waals surface area contributed by atoms with Gasteiger partial charge < -0.3 is 19.4 Å². The van der Waals surface area contributed by atoms with Crippen molar-refractivity contribution in [1.82, 2.24) is 15.1 Å². The molecule has 1 saturated heterocycles. The molecule has 1 aromatic heterocycles. The van der Waals surface area contributed by atoms with Crippen LogP contribution in [0.2, 0.25) is 5.02 Å². The lowest BCUT2D eigenvalue weighted by Crippen LogP contribution is -2.50. The quantitative estimate of drug-likeness (QED) is 0.478. The molecule has 0 bridgehead atoms. The average molecular weight is 480 g/mol. The molecule has 3 aromatic rings. The van der Waals surface area contributed by atoms with E-state index in [1.807, 2.05) is 59.5 Å². The number of hydrogen-bond acceptors (Lipinski definition) is 6. The number of amides is 1. The van der Waals surface area contributed by atoms with Crippen molar-refractivity contribution in [3.05, 3.63) is 65.7 Å². The van der Waals surface area contributed by atoms with Gasteiger partial charge in [-0.2, -0.15) is 0 Å². The molecule has 0 unspecified atom stereocenters. The monoisotopic (exact) mass is 479 g/mol. The Labute approximate surface area is 205 Å². The smallest absolute Gasteiger partial charge is 0.260 e. The average Bonchev–Trinajstić information content (AvgIpc) is 2.89. The van der Waals surface area contributed by atoms with Gasteiger partial charge in [0.15, 0.2) is 12.4 Å². The number of piperazine rings is 1. The number of halogens is 1. The molecule has 0 N–H and O–H groups in total. The SMILES string of the molecule is CCN(CC)c1cccc(OCC(=O)N2CCN(c3ccc(-c4ccc(Cl)cc4)nn3)CC2)c1. The van der Waals surface area contributed by atoms with Gasteiger partial charge in [0.1, 0.15) is 5.75 Å². The Hall–Kier alpha value is -3.32. The van der Waals surface area contributed by atoms with Crippen molar-refractivity contribution in [3.63, 3.8) is 0 Å². The lowest BCUT2D eigenvalue weighted by Gasteiger charge is -2.35. The van der Waals surface area contributed by atoms with Gasteiger partial charge in [-0.05, 0) is 50.2 Å². The van der Waals surface area contributed by atoms with Crippen LogP contribution in [-0.2, 0) is 4.79 Å². The van der Waals surface area contributed by atoms with E-state index in [-0.39, 0.29) is 12.5 Å². The van der Waals surface area contributed by atoms with Crippen molar-refractivity contribution in [2.45, 2.75) is 13.8 Å². The molecular weight excluding hydrogens is 450 g/mol. The van der Waals surface area contributed by atoms with Crippen LogP contribution in [0.5, 0.6) is 5.75 Å². The summed E-state index contributed by atoms with van der Waals surface area (Å²) in [5.74, 6) is 1.53. The molecule has 1 aliphatic heterocycles. The molecule has 2 aromatic carbocycles. The highest BCUT2D eigenvalue weighted by molar-refractivity contribution is 6.30. The first-order chi connectivity index (χ1) is 16.6. The van der Waals surface area contributed by atoms with Crippen LogP contribution in [-0.4, -0.2) is 66.9 Å². The van der Waals surface area contributed by atoms with E-state index >= 15 is 0 Å². The minimum Gasteiger partial charge on any atom is -0.484 e. The Morgan fingerprint density at radius 1 is 0.971 bits per heavy atom. The third kappa shape index (κ3) is 5.78. The van der Waals surface area contributed by atoms with Gasteiger partial charge >= 0.3 is 0 Å². The molecule has 1 aliphatic rings. The van der Waals surface area contributed by atoms with E-state index in [0.717, 1.165) is 35.9 Å². The zero-order chi connectivity index (χ0) is 23.9. The Kier molecular flexibility index (Phi) is 7.85. The number of aromatic nitrogens is 2. The zero-order valence-corrected chi connectivity index (χ0v) is 20.4. The summed E-state index contributed by atoms with van der Waals surface area (Å²) in [7, 11) is 0. The van der Waals surface area contributed by atoms with Crippen LogP contribution in [0, 0.1) is 0 Å². The highest BCUT2D eigenvalue weighted by Gasteiger charge is 2.22. The lowest BCUT2D eigenvalue weighted by atomic mass is 10.1. The summed E-state index contributed by atoms with van der Waals surface area (Å²) >= 11 is 5.96. The number of benzene rings is 2. The summed E-state index contributed by atoms with van der Waals surface area (Å²) in [6, 6.07) is 19.4. The number of hydrogen-bond donors (Lipinski definition) is 0. The second kappa shape index (κ2) is 11.2. The second-order valence-electron chi connectivity index (χ2n) is 8.11. The van der Waals surface area contributed by atoms with E-state index in [2.05, 4.69) is 39.9 Å². The van der Waals surface area contributed by atoms with Crippen molar-refractivity contribution in [1.29, 1.82) is 0 Å². The van der Waals surface area contributed by atoms with Gasteiger partial charge in [0, 0.05) is 61.6 Å². The van der Waals surface area contributed by atoms with Gasteiger partial charge in [-0.3, -0.25) is 4.79 Å². The number of nitrogens with zero attached hydrogens (tertiary/aromatic N) is 5. The van der Waals surface area contributed by atoms with Crippen molar-refractivity contribution in [3.8, 4) is 17.0 Å². The van der Waals surface area contributed by atoms with E-state index < -0.39 is 0 Å². The first-order valence-corrected chi connectivity index (χ1v) is 12.1. The van der Waals surface area contributed by atoms with Gasteiger partial charge in [0.05, 0.1) is 5.69 Å². The summed E-state index contributed by atoms with van der Waals surface area (Å²) in [4.78, 5) is 19.0. The van der Waals surface area contributed by atoms with Crippen molar-refractivity contribution < 1.29 is 9.53 Å².